The van der Waals surface area contributed by atoms with Crippen LogP contribution in [0.1, 0.15) is 102 Å². The second-order valence-electron chi connectivity index (χ2n) is 10.1. The maximum absolute atomic E-state index is 12.2. The number of carbonyl (C=O) groups is 1. The van der Waals surface area contributed by atoms with Crippen molar-refractivity contribution in [1.29, 1.82) is 0 Å². The maximum Gasteiger partial charge on any atom is 0.133 e. The van der Waals surface area contributed by atoms with E-state index in [-0.39, 0.29) is 11.3 Å². The third kappa shape index (κ3) is 6.45. The molecule has 0 bridgehead atoms. The zero-order valence-electron chi connectivity index (χ0n) is 20.0. The lowest BCUT2D eigenvalue weighted by Crippen LogP contribution is -2.23. The molecule has 0 aromatic heterocycles. The number of benzene rings is 2. The van der Waals surface area contributed by atoms with Gasteiger partial charge in [0, 0.05) is 12.8 Å². The van der Waals surface area contributed by atoms with Crippen LogP contribution in [0.4, 0.5) is 0 Å². The standard InChI is InChI=1S/C29H40O2/c1-5-6-7-11-18-29(3,4)24-15-17-26(27-20-25(30)16-14-22(27)2)28(19-24)31-21-23-12-9-8-10-13-23/h8-10,12-13,15,17,19,22,27H,5-7,11,14,16,18,20-21H2,1-4H3/t22-,27-/m1/s1. The van der Waals surface area contributed by atoms with Crippen molar-refractivity contribution in [3.05, 3.63) is 65.2 Å². The highest BCUT2D eigenvalue weighted by molar-refractivity contribution is 5.80. The minimum Gasteiger partial charge on any atom is -0.489 e. The van der Waals surface area contributed by atoms with E-state index in [1.807, 2.05) is 6.07 Å². The van der Waals surface area contributed by atoms with Crippen LogP contribution >= 0.6 is 0 Å². The highest BCUT2D eigenvalue weighted by atomic mass is 16.5. The Hall–Kier alpha value is -2.09. The lowest BCUT2D eigenvalue weighted by atomic mass is 9.74. The molecule has 2 nitrogen and oxygen atoms in total. The molecule has 0 spiro atoms. The van der Waals surface area contributed by atoms with Crippen LogP contribution in [0, 0.1) is 5.92 Å². The number of hydrogen-bond acceptors (Lipinski definition) is 2. The Labute approximate surface area is 189 Å². The van der Waals surface area contributed by atoms with Gasteiger partial charge in [-0.15, -0.1) is 0 Å². The first kappa shape index (κ1) is 23.6. The van der Waals surface area contributed by atoms with Crippen molar-refractivity contribution in [3.63, 3.8) is 0 Å². The maximum atomic E-state index is 12.2. The third-order valence-corrected chi connectivity index (χ3v) is 7.10. The molecule has 2 aromatic carbocycles. The van der Waals surface area contributed by atoms with Gasteiger partial charge in [0.15, 0.2) is 0 Å². The van der Waals surface area contributed by atoms with Crippen molar-refractivity contribution in [2.75, 3.05) is 0 Å². The van der Waals surface area contributed by atoms with Gasteiger partial charge in [0.1, 0.15) is 18.1 Å². The number of rotatable bonds is 10. The Morgan fingerprint density at radius 3 is 2.55 bits per heavy atom. The molecule has 2 heteroatoms. The number of unbranched alkanes of at least 4 members (excludes halogenated alkanes) is 3. The van der Waals surface area contributed by atoms with Gasteiger partial charge in [-0.25, -0.2) is 0 Å². The van der Waals surface area contributed by atoms with Crippen molar-refractivity contribution in [3.8, 4) is 5.75 Å². The van der Waals surface area contributed by atoms with E-state index < -0.39 is 0 Å². The molecule has 1 fully saturated rings. The molecule has 0 aliphatic heterocycles. The van der Waals surface area contributed by atoms with Crippen LogP contribution in [0.3, 0.4) is 0 Å². The van der Waals surface area contributed by atoms with Crippen LogP contribution < -0.4 is 4.74 Å². The summed E-state index contributed by atoms with van der Waals surface area (Å²) in [5.74, 6) is 2.12. The highest BCUT2D eigenvalue weighted by Gasteiger charge is 2.31. The Bertz CT molecular complexity index is 837. The Balaban J connectivity index is 1.86. The summed E-state index contributed by atoms with van der Waals surface area (Å²) in [6.07, 6.45) is 8.67. The molecule has 0 radical (unpaired) electrons. The van der Waals surface area contributed by atoms with E-state index in [1.54, 1.807) is 0 Å². The predicted molar refractivity (Wildman–Crippen MR) is 130 cm³/mol. The number of Topliss-reactive ketones (excluding diaryl/α,β-unsaturated/α-hetero) is 1. The molecule has 1 saturated carbocycles. The molecule has 1 aliphatic rings. The topological polar surface area (TPSA) is 26.3 Å². The van der Waals surface area contributed by atoms with Gasteiger partial charge in [0.05, 0.1) is 0 Å². The molecular weight excluding hydrogens is 380 g/mol. The van der Waals surface area contributed by atoms with Gasteiger partial charge in [-0.1, -0.05) is 95.8 Å². The van der Waals surface area contributed by atoms with Crippen molar-refractivity contribution in [2.24, 2.45) is 5.92 Å². The van der Waals surface area contributed by atoms with Crippen LogP contribution in [0.25, 0.3) is 0 Å². The smallest absolute Gasteiger partial charge is 0.133 e. The monoisotopic (exact) mass is 420 g/mol. The van der Waals surface area contributed by atoms with E-state index in [0.717, 1.165) is 18.6 Å². The molecule has 3 rings (SSSR count). The summed E-state index contributed by atoms with van der Waals surface area (Å²) in [5, 5.41) is 0. The minimum atomic E-state index is 0.116. The summed E-state index contributed by atoms with van der Waals surface area (Å²) in [6.45, 7) is 9.80. The Morgan fingerprint density at radius 2 is 1.81 bits per heavy atom. The zero-order valence-corrected chi connectivity index (χ0v) is 20.0. The van der Waals surface area contributed by atoms with Gasteiger partial charge >= 0.3 is 0 Å². The van der Waals surface area contributed by atoms with Gasteiger partial charge in [-0.05, 0) is 52.8 Å². The fourth-order valence-electron chi connectivity index (χ4n) is 4.81. The lowest BCUT2D eigenvalue weighted by Gasteiger charge is -2.31. The molecular formula is C29H40O2. The van der Waals surface area contributed by atoms with Gasteiger partial charge < -0.3 is 4.74 Å². The molecule has 0 unspecified atom stereocenters. The van der Waals surface area contributed by atoms with Crippen LogP contribution in [0.15, 0.2) is 48.5 Å². The Kier molecular flexibility index (Phi) is 8.35. The summed E-state index contributed by atoms with van der Waals surface area (Å²) in [5.41, 5.74) is 3.84. The van der Waals surface area contributed by atoms with E-state index in [4.69, 9.17) is 4.74 Å². The van der Waals surface area contributed by atoms with Crippen molar-refractivity contribution in [2.45, 2.75) is 97.0 Å². The van der Waals surface area contributed by atoms with E-state index in [2.05, 4.69) is 70.2 Å². The molecule has 0 saturated heterocycles. The number of ketones is 1. The summed E-state index contributed by atoms with van der Waals surface area (Å²) in [6, 6.07) is 17.2. The number of carbonyl (C=O) groups excluding carboxylic acids is 1. The van der Waals surface area contributed by atoms with E-state index in [0.29, 0.717) is 24.7 Å². The average molecular weight is 421 g/mol. The zero-order chi connectivity index (χ0) is 22.3. The van der Waals surface area contributed by atoms with Crippen molar-refractivity contribution < 1.29 is 9.53 Å². The molecule has 0 amide bonds. The first-order valence-corrected chi connectivity index (χ1v) is 12.2. The fourth-order valence-corrected chi connectivity index (χ4v) is 4.81. The van der Waals surface area contributed by atoms with Gasteiger partial charge in [-0.2, -0.15) is 0 Å². The second kappa shape index (κ2) is 11.0. The van der Waals surface area contributed by atoms with Crippen LogP contribution in [-0.4, -0.2) is 5.78 Å². The molecule has 0 heterocycles. The largest absolute Gasteiger partial charge is 0.489 e. The van der Waals surface area contributed by atoms with Crippen LogP contribution in [0.2, 0.25) is 0 Å². The van der Waals surface area contributed by atoms with E-state index in [1.165, 1.54) is 48.8 Å². The molecule has 1 aliphatic carbocycles. The summed E-state index contributed by atoms with van der Waals surface area (Å²) < 4.78 is 6.43. The molecule has 31 heavy (non-hydrogen) atoms. The van der Waals surface area contributed by atoms with Crippen LogP contribution in [0.5, 0.6) is 5.75 Å². The molecule has 2 atom stereocenters. The van der Waals surface area contributed by atoms with Gasteiger partial charge in [0.2, 0.25) is 0 Å². The van der Waals surface area contributed by atoms with Gasteiger partial charge in [-0.3, -0.25) is 4.79 Å². The quantitative estimate of drug-likeness (QED) is 0.364. The van der Waals surface area contributed by atoms with Crippen molar-refractivity contribution >= 4 is 5.78 Å². The number of hydrogen-bond donors (Lipinski definition) is 0. The van der Waals surface area contributed by atoms with E-state index in [9.17, 15) is 4.79 Å². The molecule has 168 valence electrons. The first-order valence-electron chi connectivity index (χ1n) is 12.2. The minimum absolute atomic E-state index is 0.116. The van der Waals surface area contributed by atoms with Crippen molar-refractivity contribution in [1.82, 2.24) is 0 Å². The summed E-state index contributed by atoms with van der Waals surface area (Å²) in [7, 11) is 0. The van der Waals surface area contributed by atoms with Crippen LogP contribution in [-0.2, 0) is 16.8 Å². The average Bonchev–Trinajstić information content (AvgIpc) is 2.77. The van der Waals surface area contributed by atoms with E-state index >= 15 is 0 Å². The SMILES string of the molecule is CCCCCCC(C)(C)c1ccc([C@@H]2CC(=O)CC[C@H]2C)c(OCc2ccccc2)c1. The first-order chi connectivity index (χ1) is 14.9. The molecule has 0 N–H and O–H groups in total. The molecule has 2 aromatic rings. The summed E-state index contributed by atoms with van der Waals surface area (Å²) in [4.78, 5) is 12.2. The summed E-state index contributed by atoms with van der Waals surface area (Å²) >= 11 is 0. The van der Waals surface area contributed by atoms with Gasteiger partial charge in [0.25, 0.3) is 0 Å². The third-order valence-electron chi connectivity index (χ3n) is 7.10. The number of ether oxygens (including phenoxy) is 1. The second-order valence-corrected chi connectivity index (χ2v) is 10.1. The normalized spacial score (nSPS) is 19.4. The highest BCUT2D eigenvalue weighted by Crippen LogP contribution is 2.42. The lowest BCUT2D eigenvalue weighted by molar-refractivity contribution is -0.121. The predicted octanol–water partition coefficient (Wildman–Crippen LogP) is 7.99. The fraction of sp³-hybridized carbons (Fsp3) is 0.552. The Morgan fingerprint density at radius 1 is 1.03 bits per heavy atom.